The van der Waals surface area contributed by atoms with Gasteiger partial charge in [-0.25, -0.2) is 0 Å². The molecule has 6 nitrogen and oxygen atoms in total. The molecular weight excluding hydrogens is 340 g/mol. The van der Waals surface area contributed by atoms with Crippen molar-refractivity contribution in [2.24, 2.45) is 0 Å². The zero-order chi connectivity index (χ0) is 19.4. The highest BCUT2D eigenvalue weighted by atomic mass is 16.2. The maximum absolute atomic E-state index is 12.7. The fourth-order valence-electron chi connectivity index (χ4n) is 3.71. The maximum atomic E-state index is 12.7. The van der Waals surface area contributed by atoms with E-state index in [0.29, 0.717) is 17.3 Å². The van der Waals surface area contributed by atoms with Gasteiger partial charge in [-0.2, -0.15) is 5.10 Å². The van der Waals surface area contributed by atoms with Gasteiger partial charge in [-0.15, -0.1) is 0 Å². The first-order valence-corrected chi connectivity index (χ1v) is 9.62. The van der Waals surface area contributed by atoms with E-state index in [1.807, 2.05) is 31.9 Å². The van der Waals surface area contributed by atoms with Crippen molar-refractivity contribution in [2.45, 2.75) is 58.5 Å². The third kappa shape index (κ3) is 4.76. The lowest BCUT2D eigenvalue weighted by molar-refractivity contribution is -0.116. The van der Waals surface area contributed by atoms with Gasteiger partial charge >= 0.3 is 0 Å². The Hall–Kier alpha value is -2.63. The van der Waals surface area contributed by atoms with Gasteiger partial charge in [-0.3, -0.25) is 14.3 Å². The summed E-state index contributed by atoms with van der Waals surface area (Å²) in [6, 6.07) is 9.39. The number of nitrogens with one attached hydrogen (secondary N) is 1. The van der Waals surface area contributed by atoms with Crippen LogP contribution in [0.2, 0.25) is 0 Å². The minimum atomic E-state index is -0.139. The largest absolute Gasteiger partial charge is 0.339 e. The molecule has 1 saturated carbocycles. The van der Waals surface area contributed by atoms with Crippen LogP contribution in [0.5, 0.6) is 0 Å². The van der Waals surface area contributed by atoms with Gasteiger partial charge in [0.25, 0.3) is 5.91 Å². The van der Waals surface area contributed by atoms with Crippen LogP contribution in [-0.4, -0.2) is 39.6 Å². The van der Waals surface area contributed by atoms with Crippen molar-refractivity contribution in [3.63, 3.8) is 0 Å². The molecule has 0 aliphatic heterocycles. The summed E-state index contributed by atoms with van der Waals surface area (Å²) in [5, 5.41) is 7.16. The molecule has 1 N–H and O–H groups in total. The molecule has 2 aromatic rings. The first kappa shape index (κ1) is 19.1. The number of rotatable bonds is 5. The van der Waals surface area contributed by atoms with E-state index >= 15 is 0 Å². The quantitative estimate of drug-likeness (QED) is 0.878. The molecular formula is C21H28N4O2. The Morgan fingerprint density at radius 3 is 2.41 bits per heavy atom. The summed E-state index contributed by atoms with van der Waals surface area (Å²) in [7, 11) is 1.89. The number of amides is 2. The van der Waals surface area contributed by atoms with Crippen LogP contribution in [0.3, 0.4) is 0 Å². The lowest BCUT2D eigenvalue weighted by Crippen LogP contribution is -2.38. The second kappa shape index (κ2) is 8.37. The van der Waals surface area contributed by atoms with E-state index in [0.717, 1.165) is 24.2 Å². The number of aryl methyl sites for hydroxylation is 2. The Bertz CT molecular complexity index is 804. The van der Waals surface area contributed by atoms with Gasteiger partial charge in [0.15, 0.2) is 0 Å². The summed E-state index contributed by atoms with van der Waals surface area (Å²) in [5.74, 6) is -0.0954. The first-order chi connectivity index (χ1) is 12.9. The van der Waals surface area contributed by atoms with Gasteiger partial charge in [-0.05, 0) is 57.0 Å². The summed E-state index contributed by atoms with van der Waals surface area (Å²) in [5.41, 5.74) is 3.18. The molecule has 0 atom stereocenters. The van der Waals surface area contributed by atoms with E-state index in [9.17, 15) is 9.59 Å². The smallest absolute Gasteiger partial charge is 0.253 e. The van der Waals surface area contributed by atoms with E-state index in [1.165, 1.54) is 19.3 Å². The predicted molar refractivity (Wildman–Crippen MR) is 106 cm³/mol. The van der Waals surface area contributed by atoms with Crippen LogP contribution in [0.25, 0.3) is 0 Å². The van der Waals surface area contributed by atoms with Crippen molar-refractivity contribution >= 4 is 17.5 Å². The van der Waals surface area contributed by atoms with E-state index in [-0.39, 0.29) is 18.4 Å². The van der Waals surface area contributed by atoms with Crippen molar-refractivity contribution in [3.8, 4) is 0 Å². The number of carbonyl (C=O) groups excluding carboxylic acids is 2. The molecule has 27 heavy (non-hydrogen) atoms. The Balaban J connectivity index is 1.58. The molecule has 1 aromatic carbocycles. The van der Waals surface area contributed by atoms with E-state index < -0.39 is 0 Å². The number of nitrogens with zero attached hydrogens (tertiary/aromatic N) is 3. The summed E-state index contributed by atoms with van der Waals surface area (Å²) >= 11 is 0. The van der Waals surface area contributed by atoms with Gasteiger partial charge in [0, 0.05) is 30.0 Å². The average molecular weight is 368 g/mol. The molecule has 0 bridgehead atoms. The number of hydrogen-bond acceptors (Lipinski definition) is 3. The van der Waals surface area contributed by atoms with Crippen molar-refractivity contribution in [2.75, 3.05) is 12.4 Å². The number of carbonyl (C=O) groups is 2. The molecule has 6 heteroatoms. The highest BCUT2D eigenvalue weighted by Crippen LogP contribution is 2.23. The Morgan fingerprint density at radius 2 is 1.81 bits per heavy atom. The molecule has 0 spiro atoms. The van der Waals surface area contributed by atoms with E-state index in [2.05, 4.69) is 10.4 Å². The zero-order valence-electron chi connectivity index (χ0n) is 16.4. The number of benzene rings is 1. The maximum Gasteiger partial charge on any atom is 0.253 e. The van der Waals surface area contributed by atoms with Crippen molar-refractivity contribution in [1.29, 1.82) is 0 Å². The highest BCUT2D eigenvalue weighted by molar-refractivity contribution is 5.95. The van der Waals surface area contributed by atoms with Gasteiger partial charge < -0.3 is 10.2 Å². The van der Waals surface area contributed by atoms with Crippen LogP contribution < -0.4 is 5.32 Å². The highest BCUT2D eigenvalue weighted by Gasteiger charge is 2.22. The van der Waals surface area contributed by atoms with Crippen molar-refractivity contribution in [1.82, 2.24) is 14.7 Å². The third-order valence-electron chi connectivity index (χ3n) is 5.26. The Morgan fingerprint density at radius 1 is 1.15 bits per heavy atom. The molecule has 1 heterocycles. The SMILES string of the molecule is Cc1cc(C)n(CC(=O)Nc2ccc(C(=O)N(C)C3CCCCC3)cc2)n1. The molecule has 1 fully saturated rings. The molecule has 0 saturated heterocycles. The average Bonchev–Trinajstić information content (AvgIpc) is 2.98. The number of hydrogen-bond donors (Lipinski definition) is 1. The van der Waals surface area contributed by atoms with E-state index in [4.69, 9.17) is 0 Å². The molecule has 0 radical (unpaired) electrons. The molecule has 2 amide bonds. The molecule has 1 aliphatic carbocycles. The Labute approximate surface area is 160 Å². The minimum absolute atomic E-state index is 0.0439. The predicted octanol–water partition coefficient (Wildman–Crippen LogP) is 3.54. The van der Waals surface area contributed by atoms with Gasteiger partial charge in [0.05, 0.1) is 5.69 Å². The summed E-state index contributed by atoms with van der Waals surface area (Å²) in [6.45, 7) is 4.00. The zero-order valence-corrected chi connectivity index (χ0v) is 16.4. The minimum Gasteiger partial charge on any atom is -0.339 e. The Kier molecular flexibility index (Phi) is 5.94. The normalized spacial score (nSPS) is 14.8. The van der Waals surface area contributed by atoms with Gasteiger partial charge in [-0.1, -0.05) is 19.3 Å². The molecule has 1 aromatic heterocycles. The molecule has 144 valence electrons. The summed E-state index contributed by atoms with van der Waals surface area (Å²) in [6.07, 6.45) is 5.83. The van der Waals surface area contributed by atoms with Crippen LogP contribution in [-0.2, 0) is 11.3 Å². The van der Waals surface area contributed by atoms with Crippen molar-refractivity contribution < 1.29 is 9.59 Å². The van der Waals surface area contributed by atoms with E-state index in [1.54, 1.807) is 28.9 Å². The molecule has 0 unspecified atom stereocenters. The monoisotopic (exact) mass is 368 g/mol. The summed E-state index contributed by atoms with van der Waals surface area (Å²) in [4.78, 5) is 26.8. The first-order valence-electron chi connectivity index (χ1n) is 9.62. The van der Waals surface area contributed by atoms with Crippen LogP contribution >= 0.6 is 0 Å². The lowest BCUT2D eigenvalue weighted by Gasteiger charge is -2.31. The van der Waals surface area contributed by atoms with Gasteiger partial charge in [0.2, 0.25) is 5.91 Å². The lowest BCUT2D eigenvalue weighted by atomic mass is 9.94. The molecule has 1 aliphatic rings. The topological polar surface area (TPSA) is 67.2 Å². The third-order valence-corrected chi connectivity index (χ3v) is 5.26. The number of anilines is 1. The van der Waals surface area contributed by atoms with Crippen LogP contribution in [0, 0.1) is 13.8 Å². The fourth-order valence-corrected chi connectivity index (χ4v) is 3.71. The second-order valence-corrected chi connectivity index (χ2v) is 7.42. The van der Waals surface area contributed by atoms with Crippen LogP contribution in [0.4, 0.5) is 5.69 Å². The standard InChI is InChI=1S/C21H28N4O2/c1-15-13-16(2)25(23-15)14-20(26)22-18-11-9-17(10-12-18)21(27)24(3)19-7-5-4-6-8-19/h9-13,19H,4-8,14H2,1-3H3,(H,22,26). The van der Waals surface area contributed by atoms with Crippen LogP contribution in [0.1, 0.15) is 53.8 Å². The summed E-state index contributed by atoms with van der Waals surface area (Å²) < 4.78 is 1.68. The van der Waals surface area contributed by atoms with Crippen LogP contribution in [0.15, 0.2) is 30.3 Å². The second-order valence-electron chi connectivity index (χ2n) is 7.42. The van der Waals surface area contributed by atoms with Crippen molar-refractivity contribution in [3.05, 3.63) is 47.3 Å². The number of aromatic nitrogens is 2. The fraction of sp³-hybridized carbons (Fsp3) is 0.476. The van der Waals surface area contributed by atoms with Gasteiger partial charge in [0.1, 0.15) is 6.54 Å². The molecule has 3 rings (SSSR count).